The third-order valence-electron chi connectivity index (χ3n) is 7.40. The Labute approximate surface area is 234 Å². The Hall–Kier alpha value is -4.59. The van der Waals surface area contributed by atoms with E-state index in [2.05, 4.69) is 49.6 Å². The van der Waals surface area contributed by atoms with Gasteiger partial charge in [0, 0.05) is 17.8 Å². The van der Waals surface area contributed by atoms with Crippen molar-refractivity contribution in [2.45, 2.75) is 52.1 Å². The van der Waals surface area contributed by atoms with E-state index in [0.29, 0.717) is 34.9 Å². The largest absolute Gasteiger partial charge is 0.496 e. The number of nitrogens with one attached hydrogen (secondary N) is 2. The molecule has 3 aromatic carbocycles. The number of aryl methyl sites for hydroxylation is 2. The quantitative estimate of drug-likeness (QED) is 0.290. The van der Waals surface area contributed by atoms with Crippen LogP contribution < -0.4 is 21.1 Å². The van der Waals surface area contributed by atoms with Crippen molar-refractivity contribution in [3.63, 3.8) is 0 Å². The highest BCUT2D eigenvalue weighted by molar-refractivity contribution is 6.04. The molecule has 8 heteroatoms. The summed E-state index contributed by atoms with van der Waals surface area (Å²) in [6.07, 6.45) is 0.779. The average Bonchev–Trinajstić information content (AvgIpc) is 3.20. The van der Waals surface area contributed by atoms with Gasteiger partial charge in [0.2, 0.25) is 0 Å². The van der Waals surface area contributed by atoms with Crippen molar-refractivity contribution in [2.24, 2.45) is 5.73 Å². The average molecular weight is 538 g/mol. The molecule has 0 radical (unpaired) electrons. The highest BCUT2D eigenvalue weighted by Gasteiger charge is 2.27. The van der Waals surface area contributed by atoms with E-state index in [9.17, 15) is 9.59 Å². The second-order valence-corrected chi connectivity index (χ2v) is 11.2. The number of rotatable bonds is 6. The first kappa shape index (κ1) is 27.0. The van der Waals surface area contributed by atoms with Crippen LogP contribution in [0.5, 0.6) is 5.75 Å². The van der Waals surface area contributed by atoms with E-state index in [1.165, 1.54) is 11.1 Å². The summed E-state index contributed by atoms with van der Waals surface area (Å²) < 4.78 is 7.15. The van der Waals surface area contributed by atoms with Gasteiger partial charge in [0.05, 0.1) is 18.7 Å². The molecule has 2 heterocycles. The molecule has 0 saturated carbocycles. The summed E-state index contributed by atoms with van der Waals surface area (Å²) in [5.74, 6) is 0.363. The molecule has 0 unspecified atom stereocenters. The second kappa shape index (κ2) is 10.5. The number of primary amides is 1. The van der Waals surface area contributed by atoms with Crippen molar-refractivity contribution in [3.05, 3.63) is 94.5 Å². The van der Waals surface area contributed by atoms with Crippen molar-refractivity contribution < 1.29 is 14.3 Å². The van der Waals surface area contributed by atoms with Gasteiger partial charge in [-0.25, -0.2) is 4.68 Å². The number of nitrogens with zero attached hydrogens (tertiary/aromatic N) is 2. The molecule has 5 rings (SSSR count). The third kappa shape index (κ3) is 5.17. The molecule has 1 aliphatic heterocycles. The number of ether oxygens (including phenoxy) is 1. The van der Waals surface area contributed by atoms with Crippen LogP contribution in [0.2, 0.25) is 0 Å². The maximum atomic E-state index is 12.8. The van der Waals surface area contributed by atoms with Crippen LogP contribution in [-0.4, -0.2) is 28.7 Å². The molecule has 206 valence electrons. The van der Waals surface area contributed by atoms with E-state index in [-0.39, 0.29) is 17.4 Å². The topological polar surface area (TPSA) is 111 Å². The molecule has 1 atom stereocenters. The van der Waals surface area contributed by atoms with Gasteiger partial charge in [-0.15, -0.1) is 0 Å². The summed E-state index contributed by atoms with van der Waals surface area (Å²) in [5, 5.41) is 11.3. The fraction of sp³-hybridized carbons (Fsp3) is 0.281. The first-order valence-electron chi connectivity index (χ1n) is 13.4. The molecular formula is C32H35N5O3. The number of benzene rings is 3. The van der Waals surface area contributed by atoms with E-state index in [1.807, 2.05) is 41.9 Å². The van der Waals surface area contributed by atoms with Gasteiger partial charge >= 0.3 is 0 Å². The molecule has 4 N–H and O–H groups in total. The molecule has 0 aliphatic carbocycles. The van der Waals surface area contributed by atoms with E-state index in [4.69, 9.17) is 15.6 Å². The maximum Gasteiger partial charge on any atom is 0.255 e. The lowest BCUT2D eigenvalue weighted by Crippen LogP contribution is -2.27. The van der Waals surface area contributed by atoms with Gasteiger partial charge in [0.15, 0.2) is 0 Å². The van der Waals surface area contributed by atoms with Crippen LogP contribution in [0.15, 0.2) is 66.7 Å². The number of methoxy groups -OCH3 is 1. The molecule has 0 saturated heterocycles. The summed E-state index contributed by atoms with van der Waals surface area (Å²) in [5.41, 5.74) is 12.4. The van der Waals surface area contributed by atoms with Gasteiger partial charge in [0.1, 0.15) is 22.8 Å². The second-order valence-electron chi connectivity index (χ2n) is 11.2. The van der Waals surface area contributed by atoms with Crippen molar-refractivity contribution >= 4 is 23.3 Å². The number of amides is 2. The molecule has 1 aromatic heterocycles. The maximum absolute atomic E-state index is 12.8. The van der Waals surface area contributed by atoms with Gasteiger partial charge in [-0.1, -0.05) is 69.3 Å². The number of nitrogens with two attached hydrogens (primary N) is 1. The number of anilines is 2. The summed E-state index contributed by atoms with van der Waals surface area (Å²) in [6, 6.07) is 20.9. The van der Waals surface area contributed by atoms with Crippen molar-refractivity contribution in [3.8, 4) is 17.0 Å². The summed E-state index contributed by atoms with van der Waals surface area (Å²) in [6.45, 7) is 9.13. The number of carbonyl (C=O) groups is 2. The number of hydrogen-bond acceptors (Lipinski definition) is 5. The predicted molar refractivity (Wildman–Crippen MR) is 157 cm³/mol. The molecule has 2 amide bonds. The minimum atomic E-state index is -0.542. The Balaban J connectivity index is 1.40. The summed E-state index contributed by atoms with van der Waals surface area (Å²) >= 11 is 0. The minimum Gasteiger partial charge on any atom is -0.496 e. The van der Waals surface area contributed by atoms with Crippen LogP contribution in [0.1, 0.15) is 71.1 Å². The Morgan fingerprint density at radius 1 is 1.07 bits per heavy atom. The first-order chi connectivity index (χ1) is 19.1. The number of hydrogen-bond donors (Lipinski definition) is 3. The number of para-hydroxylation sites is 1. The van der Waals surface area contributed by atoms with Crippen molar-refractivity contribution in [1.82, 2.24) is 15.1 Å². The molecular weight excluding hydrogens is 502 g/mol. The minimum absolute atomic E-state index is 0.0430. The lowest BCUT2D eigenvalue weighted by Gasteiger charge is -2.21. The normalized spacial score (nSPS) is 13.3. The summed E-state index contributed by atoms with van der Waals surface area (Å²) in [4.78, 5) is 25.5. The molecule has 0 spiro atoms. The number of aromatic nitrogens is 2. The van der Waals surface area contributed by atoms with E-state index < -0.39 is 5.91 Å². The van der Waals surface area contributed by atoms with E-state index in [0.717, 1.165) is 23.2 Å². The summed E-state index contributed by atoms with van der Waals surface area (Å²) in [7, 11) is 1.54. The SMILES string of the molecule is COc1ccccc1C(=O)N[C@H](C)c1ccc(-c2nn3c(c2C(N)=O)Nc2ccc(C(C)(C)C)cc2CC3)cc1. The van der Waals surface area contributed by atoms with Crippen LogP contribution >= 0.6 is 0 Å². The van der Waals surface area contributed by atoms with Gasteiger partial charge in [-0.3, -0.25) is 9.59 Å². The standard InChI is InChI=1S/C32H35N5O3/c1-19(34-31(39)24-8-6-7-9-26(24)40-5)20-10-12-21(13-11-20)28-27(29(33)38)30-35-25-15-14-23(32(2,3)4)18-22(25)16-17-37(30)36-28/h6-15,18-19,35H,16-17H2,1-5H3,(H2,33,38)(H,34,39)/t19-/m1/s1. The van der Waals surface area contributed by atoms with Crippen LogP contribution in [-0.2, 0) is 18.4 Å². The zero-order valence-corrected chi connectivity index (χ0v) is 23.5. The zero-order chi connectivity index (χ0) is 28.6. The van der Waals surface area contributed by atoms with Crippen LogP contribution in [0.3, 0.4) is 0 Å². The first-order valence-corrected chi connectivity index (χ1v) is 13.4. The lowest BCUT2D eigenvalue weighted by atomic mass is 9.85. The molecule has 1 aliphatic rings. The zero-order valence-electron chi connectivity index (χ0n) is 23.5. The van der Waals surface area contributed by atoms with Crippen molar-refractivity contribution in [2.75, 3.05) is 12.4 Å². The molecule has 4 aromatic rings. The fourth-order valence-electron chi connectivity index (χ4n) is 5.05. The highest BCUT2D eigenvalue weighted by atomic mass is 16.5. The van der Waals surface area contributed by atoms with Gasteiger partial charge in [-0.2, -0.15) is 5.10 Å². The monoisotopic (exact) mass is 537 g/mol. The van der Waals surface area contributed by atoms with Crippen LogP contribution in [0, 0.1) is 0 Å². The number of fused-ring (bicyclic) bond motifs is 2. The van der Waals surface area contributed by atoms with E-state index >= 15 is 0 Å². The lowest BCUT2D eigenvalue weighted by molar-refractivity contribution is 0.0935. The Kier molecular flexibility index (Phi) is 7.10. The van der Waals surface area contributed by atoms with Crippen molar-refractivity contribution in [1.29, 1.82) is 0 Å². The van der Waals surface area contributed by atoms with Gasteiger partial charge in [0.25, 0.3) is 11.8 Å². The van der Waals surface area contributed by atoms with Crippen LogP contribution in [0.4, 0.5) is 11.5 Å². The molecule has 40 heavy (non-hydrogen) atoms. The Bertz CT molecular complexity index is 1580. The fourth-order valence-corrected chi connectivity index (χ4v) is 5.05. The Morgan fingerprint density at radius 3 is 2.48 bits per heavy atom. The highest BCUT2D eigenvalue weighted by Crippen LogP contribution is 2.36. The van der Waals surface area contributed by atoms with Gasteiger partial charge in [-0.05, 0) is 53.6 Å². The molecule has 0 fully saturated rings. The van der Waals surface area contributed by atoms with Gasteiger partial charge < -0.3 is 21.1 Å². The van der Waals surface area contributed by atoms with Crippen LogP contribution in [0.25, 0.3) is 11.3 Å². The van der Waals surface area contributed by atoms with E-state index in [1.54, 1.807) is 25.3 Å². The molecule has 0 bridgehead atoms. The predicted octanol–water partition coefficient (Wildman–Crippen LogP) is 5.75. The third-order valence-corrected chi connectivity index (χ3v) is 7.40. The smallest absolute Gasteiger partial charge is 0.255 e. The number of carbonyl (C=O) groups excluding carboxylic acids is 2. The Morgan fingerprint density at radius 2 is 1.80 bits per heavy atom. The molecule has 8 nitrogen and oxygen atoms in total.